The average molecular weight is 353 g/mol. The lowest BCUT2D eigenvalue weighted by molar-refractivity contribution is -0.129. The SMILES string of the molecule is CC(=O)N1CCc2c(sc3ncn(CCc4ccccc4)c(=O)c23)C1. The monoisotopic (exact) mass is 353 g/mol. The number of aryl methyl sites for hydroxylation is 2. The van der Waals surface area contributed by atoms with Crippen LogP contribution in [-0.4, -0.2) is 26.9 Å². The van der Waals surface area contributed by atoms with E-state index >= 15 is 0 Å². The summed E-state index contributed by atoms with van der Waals surface area (Å²) >= 11 is 1.54. The second kappa shape index (κ2) is 6.44. The van der Waals surface area contributed by atoms with Crippen molar-refractivity contribution in [1.29, 1.82) is 0 Å². The highest BCUT2D eigenvalue weighted by Crippen LogP contribution is 2.32. The first-order valence-corrected chi connectivity index (χ1v) is 9.24. The molecule has 0 fully saturated rings. The van der Waals surface area contributed by atoms with Gasteiger partial charge in [-0.2, -0.15) is 0 Å². The van der Waals surface area contributed by atoms with Crippen LogP contribution < -0.4 is 5.56 Å². The second-order valence-electron chi connectivity index (χ2n) is 6.35. The van der Waals surface area contributed by atoms with Gasteiger partial charge in [0.1, 0.15) is 4.83 Å². The number of benzene rings is 1. The molecular formula is C19H19N3O2S. The van der Waals surface area contributed by atoms with Gasteiger partial charge in [-0.05, 0) is 24.0 Å². The Bertz CT molecular complexity index is 991. The van der Waals surface area contributed by atoms with Gasteiger partial charge in [0.2, 0.25) is 5.91 Å². The number of hydrogen-bond acceptors (Lipinski definition) is 4. The molecule has 0 atom stereocenters. The molecule has 3 heterocycles. The minimum absolute atomic E-state index is 0.0368. The Balaban J connectivity index is 1.66. The van der Waals surface area contributed by atoms with E-state index in [9.17, 15) is 9.59 Å². The van der Waals surface area contributed by atoms with Crippen LogP contribution in [0.4, 0.5) is 0 Å². The number of thiophene rings is 1. The average Bonchev–Trinajstić information content (AvgIpc) is 3.00. The lowest BCUT2D eigenvalue weighted by Gasteiger charge is -2.25. The van der Waals surface area contributed by atoms with E-state index in [1.807, 2.05) is 23.1 Å². The van der Waals surface area contributed by atoms with Crippen molar-refractivity contribution in [2.45, 2.75) is 32.9 Å². The largest absolute Gasteiger partial charge is 0.337 e. The van der Waals surface area contributed by atoms with Crippen LogP contribution >= 0.6 is 11.3 Å². The number of rotatable bonds is 3. The van der Waals surface area contributed by atoms with Gasteiger partial charge in [-0.15, -0.1) is 11.3 Å². The molecule has 0 radical (unpaired) electrons. The van der Waals surface area contributed by atoms with Crippen molar-refractivity contribution < 1.29 is 4.79 Å². The van der Waals surface area contributed by atoms with Gasteiger partial charge in [0.25, 0.3) is 5.56 Å². The van der Waals surface area contributed by atoms with Gasteiger partial charge in [-0.1, -0.05) is 30.3 Å². The molecule has 5 nitrogen and oxygen atoms in total. The molecule has 0 saturated heterocycles. The lowest BCUT2D eigenvalue weighted by Crippen LogP contribution is -2.34. The van der Waals surface area contributed by atoms with Gasteiger partial charge >= 0.3 is 0 Å². The third-order valence-corrected chi connectivity index (χ3v) is 5.88. The number of aromatic nitrogens is 2. The van der Waals surface area contributed by atoms with Crippen LogP contribution in [-0.2, 0) is 30.7 Å². The van der Waals surface area contributed by atoms with Crippen molar-refractivity contribution >= 4 is 27.5 Å². The Labute approximate surface area is 149 Å². The number of nitrogens with zero attached hydrogens (tertiary/aromatic N) is 3. The molecule has 0 N–H and O–H groups in total. The zero-order chi connectivity index (χ0) is 17.4. The van der Waals surface area contributed by atoms with Crippen LogP contribution in [0.2, 0.25) is 0 Å². The summed E-state index contributed by atoms with van der Waals surface area (Å²) in [5, 5.41) is 0.749. The number of carbonyl (C=O) groups is 1. The highest BCUT2D eigenvalue weighted by Gasteiger charge is 2.24. The molecular weight excluding hydrogens is 334 g/mol. The minimum atomic E-state index is 0.0368. The molecule has 1 aliphatic rings. The molecule has 4 rings (SSSR count). The fourth-order valence-corrected chi connectivity index (χ4v) is 4.53. The maximum atomic E-state index is 12.9. The van der Waals surface area contributed by atoms with E-state index in [1.165, 1.54) is 16.9 Å². The van der Waals surface area contributed by atoms with Crippen molar-refractivity contribution in [3.05, 3.63) is 63.0 Å². The third kappa shape index (κ3) is 2.98. The third-order valence-electron chi connectivity index (χ3n) is 4.76. The van der Waals surface area contributed by atoms with Crippen molar-refractivity contribution in [1.82, 2.24) is 14.5 Å². The molecule has 6 heteroatoms. The fourth-order valence-electron chi connectivity index (χ4n) is 3.34. The standard InChI is InChI=1S/C19H19N3O2S/c1-13(23)21-10-8-15-16(11-21)25-18-17(15)19(24)22(12-20-18)9-7-14-5-3-2-4-6-14/h2-6,12H,7-11H2,1H3. The molecule has 0 spiro atoms. The van der Waals surface area contributed by atoms with Crippen LogP contribution in [0.15, 0.2) is 41.5 Å². The van der Waals surface area contributed by atoms with Gasteiger partial charge in [-0.3, -0.25) is 14.2 Å². The maximum Gasteiger partial charge on any atom is 0.262 e. The zero-order valence-corrected chi connectivity index (χ0v) is 14.9. The van der Waals surface area contributed by atoms with Crippen LogP contribution in [0.5, 0.6) is 0 Å². The Hall–Kier alpha value is -2.47. The Kier molecular flexibility index (Phi) is 4.13. The van der Waals surface area contributed by atoms with E-state index in [0.29, 0.717) is 19.6 Å². The maximum absolute atomic E-state index is 12.9. The molecule has 2 aromatic heterocycles. The second-order valence-corrected chi connectivity index (χ2v) is 7.44. The summed E-state index contributed by atoms with van der Waals surface area (Å²) in [5.74, 6) is 0.0799. The summed E-state index contributed by atoms with van der Waals surface area (Å²) in [5.41, 5.74) is 2.33. The number of hydrogen-bond donors (Lipinski definition) is 0. The van der Waals surface area contributed by atoms with Crippen LogP contribution in [0.1, 0.15) is 22.9 Å². The predicted molar refractivity (Wildman–Crippen MR) is 98.8 cm³/mol. The Morgan fingerprint density at radius 3 is 2.84 bits per heavy atom. The van der Waals surface area contributed by atoms with Crippen LogP contribution in [0.3, 0.4) is 0 Å². The van der Waals surface area contributed by atoms with Crippen molar-refractivity contribution in [2.75, 3.05) is 6.54 Å². The van der Waals surface area contributed by atoms with Gasteiger partial charge in [0, 0.05) is 24.9 Å². The van der Waals surface area contributed by atoms with Gasteiger partial charge in [0.15, 0.2) is 0 Å². The molecule has 1 aliphatic heterocycles. The van der Waals surface area contributed by atoms with Crippen LogP contribution in [0, 0.1) is 0 Å². The molecule has 1 aromatic carbocycles. The fraction of sp³-hybridized carbons (Fsp3) is 0.316. The molecule has 0 bridgehead atoms. The summed E-state index contributed by atoms with van der Waals surface area (Å²) in [4.78, 5) is 32.8. The summed E-state index contributed by atoms with van der Waals surface area (Å²) in [6.45, 7) is 3.48. The Morgan fingerprint density at radius 2 is 2.08 bits per heavy atom. The smallest absolute Gasteiger partial charge is 0.262 e. The number of fused-ring (bicyclic) bond motifs is 3. The van der Waals surface area contributed by atoms with Gasteiger partial charge in [0.05, 0.1) is 18.3 Å². The normalized spacial score (nSPS) is 13.9. The zero-order valence-electron chi connectivity index (χ0n) is 14.1. The van der Waals surface area contributed by atoms with E-state index in [4.69, 9.17) is 0 Å². The highest BCUT2D eigenvalue weighted by molar-refractivity contribution is 7.18. The van der Waals surface area contributed by atoms with Crippen molar-refractivity contribution in [3.8, 4) is 0 Å². The number of amides is 1. The summed E-state index contributed by atoms with van der Waals surface area (Å²) in [6, 6.07) is 10.1. The summed E-state index contributed by atoms with van der Waals surface area (Å²) in [6.07, 6.45) is 3.19. The van der Waals surface area contributed by atoms with E-state index in [2.05, 4.69) is 17.1 Å². The topological polar surface area (TPSA) is 55.2 Å². The summed E-state index contributed by atoms with van der Waals surface area (Å²) < 4.78 is 1.71. The Morgan fingerprint density at radius 1 is 1.28 bits per heavy atom. The molecule has 3 aromatic rings. The van der Waals surface area contributed by atoms with E-state index in [-0.39, 0.29) is 11.5 Å². The quantitative estimate of drug-likeness (QED) is 0.727. The lowest BCUT2D eigenvalue weighted by atomic mass is 10.1. The molecule has 1 amide bonds. The van der Waals surface area contributed by atoms with Gasteiger partial charge < -0.3 is 4.90 Å². The highest BCUT2D eigenvalue weighted by atomic mass is 32.1. The van der Waals surface area contributed by atoms with E-state index < -0.39 is 0 Å². The minimum Gasteiger partial charge on any atom is -0.337 e. The first kappa shape index (κ1) is 16.0. The van der Waals surface area contributed by atoms with Crippen molar-refractivity contribution in [3.63, 3.8) is 0 Å². The van der Waals surface area contributed by atoms with Crippen molar-refractivity contribution in [2.24, 2.45) is 0 Å². The first-order chi connectivity index (χ1) is 12.1. The van der Waals surface area contributed by atoms with E-state index in [0.717, 1.165) is 33.5 Å². The van der Waals surface area contributed by atoms with Gasteiger partial charge in [-0.25, -0.2) is 4.98 Å². The molecule has 0 aliphatic carbocycles. The predicted octanol–water partition coefficient (Wildman–Crippen LogP) is 2.61. The summed E-state index contributed by atoms with van der Waals surface area (Å²) in [7, 11) is 0. The molecule has 0 saturated carbocycles. The molecule has 25 heavy (non-hydrogen) atoms. The number of carbonyl (C=O) groups excluding carboxylic acids is 1. The molecule has 128 valence electrons. The molecule has 0 unspecified atom stereocenters. The van der Waals surface area contributed by atoms with Crippen LogP contribution in [0.25, 0.3) is 10.2 Å². The van der Waals surface area contributed by atoms with E-state index in [1.54, 1.807) is 17.8 Å². The first-order valence-electron chi connectivity index (χ1n) is 8.42.